The normalized spacial score (nSPS) is 10.6. The van der Waals surface area contributed by atoms with Crippen LogP contribution in [0.1, 0.15) is 5.56 Å². The summed E-state index contributed by atoms with van der Waals surface area (Å²) in [4.78, 5) is 4.69. The number of fused-ring (bicyclic) bond motifs is 1. The third-order valence-electron chi connectivity index (χ3n) is 4.78. The Hall–Kier alpha value is -3.73. The van der Waals surface area contributed by atoms with Gasteiger partial charge in [0.15, 0.2) is 0 Å². The van der Waals surface area contributed by atoms with E-state index in [-0.39, 0.29) is 0 Å². The van der Waals surface area contributed by atoms with Crippen molar-refractivity contribution in [2.75, 3.05) is 30.9 Å². The van der Waals surface area contributed by atoms with Crippen molar-refractivity contribution in [3.8, 4) is 11.5 Å². The lowest BCUT2D eigenvalue weighted by atomic mass is 10.1. The number of ether oxygens (including phenoxy) is 2. The van der Waals surface area contributed by atoms with Gasteiger partial charge < -0.3 is 20.1 Å². The minimum absolute atomic E-state index is 0.579. The van der Waals surface area contributed by atoms with Gasteiger partial charge in [0.25, 0.3) is 0 Å². The highest BCUT2D eigenvalue weighted by atomic mass is 16.5. The highest BCUT2D eigenvalue weighted by Gasteiger charge is 2.03. The largest absolute Gasteiger partial charge is 0.496 e. The van der Waals surface area contributed by atoms with Crippen LogP contribution < -0.4 is 20.1 Å². The Balaban J connectivity index is 1.34. The maximum Gasteiger partial charge on any atom is 0.126 e. The molecule has 4 aromatic rings. The molecule has 1 heterocycles. The van der Waals surface area contributed by atoms with Crippen molar-refractivity contribution in [2.24, 2.45) is 0 Å². The van der Waals surface area contributed by atoms with Gasteiger partial charge in [-0.25, -0.2) is 4.98 Å². The first kappa shape index (κ1) is 19.6. The number of hydrogen-bond donors (Lipinski definition) is 2. The van der Waals surface area contributed by atoms with Crippen molar-refractivity contribution < 1.29 is 9.47 Å². The molecule has 0 bridgehead atoms. The minimum Gasteiger partial charge on any atom is -0.496 e. The fraction of sp³-hybridized carbons (Fsp3) is 0.160. The fourth-order valence-electron chi connectivity index (χ4n) is 3.24. The second kappa shape index (κ2) is 9.65. The molecule has 3 aromatic carbocycles. The maximum absolute atomic E-state index is 5.70. The number of nitrogens with one attached hydrogen (secondary N) is 2. The van der Waals surface area contributed by atoms with Crippen molar-refractivity contribution in [1.82, 2.24) is 4.98 Å². The number of para-hydroxylation sites is 2. The number of aromatic nitrogens is 1. The number of rotatable bonds is 9. The zero-order chi connectivity index (χ0) is 20.6. The number of nitrogens with zero attached hydrogens (tertiary/aromatic N) is 1. The quantitative estimate of drug-likeness (QED) is 0.372. The number of hydrogen-bond acceptors (Lipinski definition) is 5. The molecule has 0 aliphatic rings. The van der Waals surface area contributed by atoms with Crippen molar-refractivity contribution in [3.05, 3.63) is 90.5 Å². The van der Waals surface area contributed by atoms with E-state index in [0.29, 0.717) is 19.7 Å². The van der Waals surface area contributed by atoms with Gasteiger partial charge >= 0.3 is 0 Å². The highest BCUT2D eigenvalue weighted by molar-refractivity contribution is 5.83. The average molecular weight is 399 g/mol. The molecule has 1 aromatic heterocycles. The SMILES string of the molecule is COc1ccccc1CNc1ccc2nc(NCCOc3ccccc3)ccc2c1. The van der Waals surface area contributed by atoms with Crippen LogP contribution in [0.15, 0.2) is 84.9 Å². The van der Waals surface area contributed by atoms with Gasteiger partial charge in [0.2, 0.25) is 0 Å². The zero-order valence-electron chi connectivity index (χ0n) is 17.0. The van der Waals surface area contributed by atoms with Gasteiger partial charge in [-0.1, -0.05) is 36.4 Å². The Morgan fingerprint density at radius 3 is 2.53 bits per heavy atom. The molecule has 30 heavy (non-hydrogen) atoms. The lowest BCUT2D eigenvalue weighted by Crippen LogP contribution is -2.12. The third kappa shape index (κ3) is 5.00. The molecule has 0 atom stereocenters. The van der Waals surface area contributed by atoms with Crippen LogP contribution in [0.2, 0.25) is 0 Å². The molecular formula is C25H25N3O2. The van der Waals surface area contributed by atoms with E-state index < -0.39 is 0 Å². The number of anilines is 2. The van der Waals surface area contributed by atoms with Crippen LogP contribution in [-0.4, -0.2) is 25.2 Å². The molecule has 5 heteroatoms. The van der Waals surface area contributed by atoms with Crippen LogP contribution in [0.25, 0.3) is 10.9 Å². The molecule has 152 valence electrons. The molecule has 4 rings (SSSR count). The van der Waals surface area contributed by atoms with Gasteiger partial charge in [-0.15, -0.1) is 0 Å². The number of benzene rings is 3. The smallest absolute Gasteiger partial charge is 0.126 e. The maximum atomic E-state index is 5.70. The monoisotopic (exact) mass is 399 g/mol. The molecule has 0 amide bonds. The molecule has 0 fully saturated rings. The second-order valence-corrected chi connectivity index (χ2v) is 6.86. The van der Waals surface area contributed by atoms with E-state index in [2.05, 4.69) is 28.8 Å². The molecule has 0 radical (unpaired) electrons. The second-order valence-electron chi connectivity index (χ2n) is 6.86. The van der Waals surface area contributed by atoms with E-state index in [1.807, 2.05) is 66.7 Å². The molecule has 0 aliphatic carbocycles. The Morgan fingerprint density at radius 2 is 1.67 bits per heavy atom. The van der Waals surface area contributed by atoms with Crippen LogP contribution >= 0.6 is 0 Å². The van der Waals surface area contributed by atoms with E-state index in [9.17, 15) is 0 Å². The van der Waals surface area contributed by atoms with Crippen LogP contribution in [0.5, 0.6) is 11.5 Å². The van der Waals surface area contributed by atoms with E-state index in [0.717, 1.165) is 39.5 Å². The van der Waals surface area contributed by atoms with Crippen molar-refractivity contribution in [3.63, 3.8) is 0 Å². The Morgan fingerprint density at radius 1 is 0.833 bits per heavy atom. The van der Waals surface area contributed by atoms with Crippen molar-refractivity contribution in [1.29, 1.82) is 0 Å². The summed E-state index contributed by atoms with van der Waals surface area (Å²) >= 11 is 0. The molecule has 0 aliphatic heterocycles. The van der Waals surface area contributed by atoms with E-state index in [1.54, 1.807) is 7.11 Å². The predicted molar refractivity (Wildman–Crippen MR) is 122 cm³/mol. The topological polar surface area (TPSA) is 55.4 Å². The third-order valence-corrected chi connectivity index (χ3v) is 4.78. The summed E-state index contributed by atoms with van der Waals surface area (Å²) in [5.41, 5.74) is 3.12. The molecule has 0 unspecified atom stereocenters. The molecular weight excluding hydrogens is 374 g/mol. The molecule has 0 spiro atoms. The van der Waals surface area contributed by atoms with Gasteiger partial charge in [-0.3, -0.25) is 0 Å². The van der Waals surface area contributed by atoms with Crippen LogP contribution in [0.4, 0.5) is 11.5 Å². The van der Waals surface area contributed by atoms with Crippen molar-refractivity contribution in [2.45, 2.75) is 6.54 Å². The van der Waals surface area contributed by atoms with E-state index in [4.69, 9.17) is 14.5 Å². The van der Waals surface area contributed by atoms with Crippen LogP contribution in [-0.2, 0) is 6.54 Å². The summed E-state index contributed by atoms with van der Waals surface area (Å²) in [5, 5.41) is 7.86. The van der Waals surface area contributed by atoms with E-state index in [1.165, 1.54) is 0 Å². The van der Waals surface area contributed by atoms with Gasteiger partial charge in [-0.2, -0.15) is 0 Å². The summed E-state index contributed by atoms with van der Waals surface area (Å²) < 4.78 is 11.1. The first-order valence-corrected chi connectivity index (χ1v) is 10.00. The van der Waals surface area contributed by atoms with Crippen LogP contribution in [0, 0.1) is 0 Å². The Bertz CT molecular complexity index is 1100. The summed E-state index contributed by atoms with van der Waals surface area (Å²) in [6, 6.07) is 28.1. The van der Waals surface area contributed by atoms with Gasteiger partial charge in [0.05, 0.1) is 19.2 Å². The first-order chi connectivity index (χ1) is 14.8. The van der Waals surface area contributed by atoms with Gasteiger partial charge in [0.1, 0.15) is 23.9 Å². The summed E-state index contributed by atoms with van der Waals surface area (Å²) in [6.07, 6.45) is 0. The van der Waals surface area contributed by atoms with E-state index >= 15 is 0 Å². The lowest BCUT2D eigenvalue weighted by Gasteiger charge is -2.12. The number of methoxy groups -OCH3 is 1. The Labute approximate surface area is 176 Å². The lowest BCUT2D eigenvalue weighted by molar-refractivity contribution is 0.333. The first-order valence-electron chi connectivity index (χ1n) is 10.00. The Kier molecular flexibility index (Phi) is 6.30. The molecule has 2 N–H and O–H groups in total. The molecule has 0 saturated heterocycles. The fourth-order valence-corrected chi connectivity index (χ4v) is 3.24. The van der Waals surface area contributed by atoms with Crippen LogP contribution in [0.3, 0.4) is 0 Å². The highest BCUT2D eigenvalue weighted by Crippen LogP contribution is 2.22. The minimum atomic E-state index is 0.579. The summed E-state index contributed by atoms with van der Waals surface area (Å²) in [6.45, 7) is 1.96. The molecule has 0 saturated carbocycles. The summed E-state index contributed by atoms with van der Waals surface area (Å²) in [7, 11) is 1.69. The van der Waals surface area contributed by atoms with Gasteiger partial charge in [-0.05, 0) is 48.5 Å². The summed E-state index contributed by atoms with van der Waals surface area (Å²) in [5.74, 6) is 2.60. The number of pyridine rings is 1. The average Bonchev–Trinajstić information content (AvgIpc) is 2.81. The zero-order valence-corrected chi connectivity index (χ0v) is 17.0. The van der Waals surface area contributed by atoms with Crippen molar-refractivity contribution >= 4 is 22.4 Å². The standard InChI is InChI=1S/C25H25N3O2/c1-29-24-10-6-5-7-20(24)18-27-21-12-13-23-19(17-21)11-14-25(28-23)26-15-16-30-22-8-3-2-4-9-22/h2-14,17,27H,15-16,18H2,1H3,(H,26,28). The predicted octanol–water partition coefficient (Wildman–Crippen LogP) is 5.35. The molecule has 5 nitrogen and oxygen atoms in total. The van der Waals surface area contributed by atoms with Gasteiger partial charge in [0, 0.05) is 23.2 Å².